The van der Waals surface area contributed by atoms with Crippen LogP contribution in [0.3, 0.4) is 0 Å². The van der Waals surface area contributed by atoms with Gasteiger partial charge in [-0.1, -0.05) is 38.2 Å². The van der Waals surface area contributed by atoms with Gasteiger partial charge in [-0.2, -0.15) is 0 Å². The molecule has 0 amide bonds. The first-order chi connectivity index (χ1) is 16.4. The maximum atomic E-state index is 12.2. The van der Waals surface area contributed by atoms with Gasteiger partial charge in [0.2, 0.25) is 12.6 Å². The molecule has 8 nitrogen and oxygen atoms in total. The molecule has 0 aromatic carbocycles. The van der Waals surface area contributed by atoms with Crippen LogP contribution in [-0.4, -0.2) is 49.8 Å². The second kappa shape index (κ2) is 10.3. The number of allylic oxidation sites excluding steroid dienone is 3. The van der Waals surface area contributed by atoms with Crippen LogP contribution in [-0.2, 0) is 38.1 Å². The van der Waals surface area contributed by atoms with Gasteiger partial charge in [0.05, 0.1) is 11.5 Å². The molecule has 1 aliphatic heterocycles. The van der Waals surface area contributed by atoms with Crippen LogP contribution >= 0.6 is 0 Å². The Hall–Kier alpha value is -2.45. The van der Waals surface area contributed by atoms with E-state index in [0.29, 0.717) is 18.4 Å². The van der Waals surface area contributed by atoms with E-state index in [-0.39, 0.29) is 23.4 Å². The van der Waals surface area contributed by atoms with Gasteiger partial charge in [-0.05, 0) is 49.5 Å². The van der Waals surface area contributed by atoms with Gasteiger partial charge in [0, 0.05) is 33.5 Å². The first-order valence-electron chi connectivity index (χ1n) is 12.1. The minimum absolute atomic E-state index is 0.188. The van der Waals surface area contributed by atoms with Crippen molar-refractivity contribution in [3.05, 3.63) is 36.0 Å². The molecule has 8 atom stereocenters. The Labute approximate surface area is 207 Å². The third-order valence-electron chi connectivity index (χ3n) is 8.16. The standard InChI is InChI=1S/C27H38O8/c1-9-15(2)10-11-26(7)16(3)12-23(31-8)27-21(13-20(14-22(26)27)32-17(4)28)24(33-18(5)29)35-25(27)34-19(6)30/h9-10,13,16,20,22-25H,1,11-12,14H2,2-8H3/b15-10+/t16-,20-,22+,23+,24+,25-,26-,27+/m1/s1. The summed E-state index contributed by atoms with van der Waals surface area (Å²) >= 11 is 0. The van der Waals surface area contributed by atoms with E-state index in [9.17, 15) is 14.4 Å². The number of hydrogen-bond donors (Lipinski definition) is 0. The van der Waals surface area contributed by atoms with Crippen molar-refractivity contribution in [1.29, 1.82) is 0 Å². The molecule has 35 heavy (non-hydrogen) atoms. The fraction of sp³-hybridized carbons (Fsp3) is 0.667. The summed E-state index contributed by atoms with van der Waals surface area (Å²) in [6.45, 7) is 14.3. The van der Waals surface area contributed by atoms with Gasteiger partial charge in [-0.3, -0.25) is 19.1 Å². The molecule has 194 valence electrons. The lowest BCUT2D eigenvalue weighted by Gasteiger charge is -2.61. The summed E-state index contributed by atoms with van der Waals surface area (Å²) in [4.78, 5) is 36.1. The van der Waals surface area contributed by atoms with Gasteiger partial charge < -0.3 is 18.9 Å². The summed E-state index contributed by atoms with van der Waals surface area (Å²) in [6.07, 6.45) is 4.60. The van der Waals surface area contributed by atoms with Crippen molar-refractivity contribution < 1.29 is 38.1 Å². The van der Waals surface area contributed by atoms with Crippen LogP contribution in [0.25, 0.3) is 0 Å². The van der Waals surface area contributed by atoms with E-state index in [1.165, 1.54) is 20.8 Å². The van der Waals surface area contributed by atoms with Gasteiger partial charge >= 0.3 is 17.9 Å². The predicted molar refractivity (Wildman–Crippen MR) is 128 cm³/mol. The van der Waals surface area contributed by atoms with Gasteiger partial charge in [0.25, 0.3) is 0 Å². The van der Waals surface area contributed by atoms with Crippen LogP contribution in [0.15, 0.2) is 36.0 Å². The Morgan fingerprint density at radius 2 is 1.71 bits per heavy atom. The molecular weight excluding hydrogens is 452 g/mol. The first kappa shape index (κ1) is 27.1. The predicted octanol–water partition coefficient (Wildman–Crippen LogP) is 4.24. The van der Waals surface area contributed by atoms with Crippen molar-refractivity contribution in [2.45, 2.75) is 85.6 Å². The number of methoxy groups -OCH3 is 1. The summed E-state index contributed by atoms with van der Waals surface area (Å²) in [5.41, 5.74) is 0.440. The van der Waals surface area contributed by atoms with Gasteiger partial charge in [-0.15, -0.1) is 0 Å². The van der Waals surface area contributed by atoms with Crippen molar-refractivity contribution in [2.75, 3.05) is 7.11 Å². The Morgan fingerprint density at radius 3 is 2.26 bits per heavy atom. The van der Waals surface area contributed by atoms with E-state index in [1.807, 2.05) is 13.0 Å². The van der Waals surface area contributed by atoms with E-state index in [4.69, 9.17) is 23.7 Å². The molecule has 3 rings (SSSR count). The highest BCUT2D eigenvalue weighted by Gasteiger charge is 2.71. The minimum Gasteiger partial charge on any atom is -0.458 e. The van der Waals surface area contributed by atoms with Gasteiger partial charge in [-0.25, -0.2) is 0 Å². The molecule has 2 fully saturated rings. The van der Waals surface area contributed by atoms with Crippen LogP contribution in [0, 0.1) is 22.7 Å². The molecule has 2 aliphatic carbocycles. The lowest BCUT2D eigenvalue weighted by Crippen LogP contribution is -2.63. The number of carbonyl (C=O) groups is 3. The monoisotopic (exact) mass is 490 g/mol. The maximum Gasteiger partial charge on any atom is 0.305 e. The molecule has 0 aromatic rings. The number of ether oxygens (including phenoxy) is 5. The van der Waals surface area contributed by atoms with Crippen molar-refractivity contribution >= 4 is 17.9 Å². The number of rotatable bonds is 7. The SMILES string of the molecule is C=C/C(C)=C/C[C@]1(C)[C@H](C)C[C@H](OC)[C@]23C(=C[C@@H](OC(C)=O)C[C@@H]12)[C@@H](OC(C)=O)O[C@H]3OC(C)=O. The number of carbonyl (C=O) groups excluding carboxylic acids is 3. The van der Waals surface area contributed by atoms with Crippen LogP contribution in [0.5, 0.6) is 0 Å². The zero-order chi connectivity index (χ0) is 26.1. The molecule has 1 spiro atoms. The summed E-state index contributed by atoms with van der Waals surface area (Å²) < 4.78 is 29.2. The van der Waals surface area contributed by atoms with Crippen molar-refractivity contribution in [3.63, 3.8) is 0 Å². The van der Waals surface area contributed by atoms with E-state index >= 15 is 0 Å². The summed E-state index contributed by atoms with van der Waals surface area (Å²) in [5.74, 6) is -1.43. The van der Waals surface area contributed by atoms with Crippen molar-refractivity contribution in [1.82, 2.24) is 0 Å². The third kappa shape index (κ3) is 4.83. The zero-order valence-corrected chi connectivity index (χ0v) is 21.8. The van der Waals surface area contributed by atoms with Crippen LogP contribution in [0.1, 0.15) is 60.8 Å². The smallest absolute Gasteiger partial charge is 0.305 e. The molecule has 0 unspecified atom stereocenters. The fourth-order valence-corrected chi connectivity index (χ4v) is 6.34. The maximum absolute atomic E-state index is 12.2. The third-order valence-corrected chi connectivity index (χ3v) is 8.16. The molecular formula is C27H38O8. The largest absolute Gasteiger partial charge is 0.458 e. The lowest BCUT2D eigenvalue weighted by molar-refractivity contribution is -0.257. The molecule has 0 bridgehead atoms. The Kier molecular flexibility index (Phi) is 7.96. The second-order valence-electron chi connectivity index (χ2n) is 10.2. The van der Waals surface area contributed by atoms with E-state index in [2.05, 4.69) is 26.5 Å². The quantitative estimate of drug-likeness (QED) is 0.226. The minimum atomic E-state index is -1.08. The molecule has 3 aliphatic rings. The van der Waals surface area contributed by atoms with Crippen LogP contribution in [0.4, 0.5) is 0 Å². The summed E-state index contributed by atoms with van der Waals surface area (Å²) in [5, 5.41) is 0. The van der Waals surface area contributed by atoms with E-state index in [0.717, 1.165) is 12.0 Å². The highest BCUT2D eigenvalue weighted by molar-refractivity contribution is 5.68. The topological polar surface area (TPSA) is 97.4 Å². The van der Waals surface area contributed by atoms with Crippen molar-refractivity contribution in [2.24, 2.45) is 22.7 Å². The Bertz CT molecular complexity index is 935. The van der Waals surface area contributed by atoms with Crippen LogP contribution < -0.4 is 0 Å². The molecule has 1 saturated carbocycles. The molecule has 1 heterocycles. The Morgan fingerprint density at radius 1 is 1.09 bits per heavy atom. The molecule has 1 saturated heterocycles. The average Bonchev–Trinajstić information content (AvgIpc) is 3.05. The molecule has 8 heteroatoms. The Balaban J connectivity index is 2.27. The average molecular weight is 491 g/mol. The second-order valence-corrected chi connectivity index (χ2v) is 10.2. The number of hydrogen-bond acceptors (Lipinski definition) is 8. The number of esters is 3. The highest BCUT2D eigenvalue weighted by atomic mass is 16.8. The molecule has 0 aromatic heterocycles. The normalized spacial score (nSPS) is 38.5. The first-order valence-corrected chi connectivity index (χ1v) is 12.1. The van der Waals surface area contributed by atoms with Gasteiger partial charge in [0.15, 0.2) is 0 Å². The summed E-state index contributed by atoms with van der Waals surface area (Å²) in [6, 6.07) is 0. The van der Waals surface area contributed by atoms with Crippen LogP contribution in [0.2, 0.25) is 0 Å². The molecule has 0 radical (unpaired) electrons. The van der Waals surface area contributed by atoms with Crippen molar-refractivity contribution in [3.8, 4) is 0 Å². The fourth-order valence-electron chi connectivity index (χ4n) is 6.34. The van der Waals surface area contributed by atoms with E-state index in [1.54, 1.807) is 13.2 Å². The summed E-state index contributed by atoms with van der Waals surface area (Å²) in [7, 11) is 1.63. The molecule has 0 N–H and O–H groups in total. The van der Waals surface area contributed by atoms with Gasteiger partial charge in [0.1, 0.15) is 6.10 Å². The highest BCUT2D eigenvalue weighted by Crippen LogP contribution is 2.67. The van der Waals surface area contributed by atoms with E-state index < -0.39 is 42.0 Å². The lowest BCUT2D eigenvalue weighted by atomic mass is 9.45. The zero-order valence-electron chi connectivity index (χ0n) is 21.8.